The fourth-order valence-electron chi connectivity index (χ4n) is 2.77. The molecule has 2 rings (SSSR count). The highest BCUT2D eigenvalue weighted by Gasteiger charge is 2.04. The molecule has 0 bridgehead atoms. The van der Waals surface area contributed by atoms with Crippen molar-refractivity contribution in [1.29, 1.82) is 0 Å². The van der Waals surface area contributed by atoms with Gasteiger partial charge >= 0.3 is 0 Å². The van der Waals surface area contributed by atoms with Gasteiger partial charge in [-0.25, -0.2) is 4.99 Å². The second kappa shape index (κ2) is 13.4. The van der Waals surface area contributed by atoms with Gasteiger partial charge in [-0.15, -0.1) is 24.0 Å². The molecule has 0 unspecified atom stereocenters. The van der Waals surface area contributed by atoms with E-state index in [9.17, 15) is 0 Å². The first-order valence-electron chi connectivity index (χ1n) is 9.47. The summed E-state index contributed by atoms with van der Waals surface area (Å²) in [6.45, 7) is 10.6. The van der Waals surface area contributed by atoms with Gasteiger partial charge in [0.1, 0.15) is 0 Å². The molecule has 0 aliphatic rings. The predicted molar refractivity (Wildman–Crippen MR) is 126 cm³/mol. The second-order valence-corrected chi connectivity index (χ2v) is 6.16. The Bertz CT molecular complexity index is 675. The van der Waals surface area contributed by atoms with Gasteiger partial charge in [-0.1, -0.05) is 24.3 Å². The zero-order valence-electron chi connectivity index (χ0n) is 16.6. The summed E-state index contributed by atoms with van der Waals surface area (Å²) in [7, 11) is 0. The van der Waals surface area contributed by atoms with Crippen molar-refractivity contribution < 1.29 is 0 Å². The van der Waals surface area contributed by atoms with Crippen LogP contribution in [-0.2, 0) is 6.54 Å². The van der Waals surface area contributed by atoms with Crippen LogP contribution in [0.15, 0.2) is 53.5 Å². The van der Waals surface area contributed by atoms with Crippen molar-refractivity contribution in [2.75, 3.05) is 31.1 Å². The van der Waals surface area contributed by atoms with Gasteiger partial charge in [0.2, 0.25) is 0 Å². The molecule has 2 aromatic rings. The van der Waals surface area contributed by atoms with Gasteiger partial charge in [-0.05, 0) is 51.5 Å². The van der Waals surface area contributed by atoms with E-state index in [-0.39, 0.29) is 24.0 Å². The van der Waals surface area contributed by atoms with E-state index >= 15 is 0 Å². The molecule has 0 aliphatic heterocycles. The molecule has 27 heavy (non-hydrogen) atoms. The van der Waals surface area contributed by atoms with Crippen molar-refractivity contribution in [1.82, 2.24) is 15.6 Å². The molecule has 1 aromatic carbocycles. The van der Waals surface area contributed by atoms with Crippen molar-refractivity contribution in [2.45, 2.75) is 33.7 Å². The van der Waals surface area contributed by atoms with E-state index in [4.69, 9.17) is 0 Å². The average molecular weight is 481 g/mol. The highest BCUT2D eigenvalue weighted by Crippen LogP contribution is 2.12. The van der Waals surface area contributed by atoms with Crippen molar-refractivity contribution in [3.8, 4) is 0 Å². The smallest absolute Gasteiger partial charge is 0.191 e. The maximum absolute atomic E-state index is 4.64. The number of aryl methyl sites for hydroxylation is 1. The Hall–Kier alpha value is -1.83. The normalized spacial score (nSPS) is 10.9. The van der Waals surface area contributed by atoms with Crippen LogP contribution in [0.5, 0.6) is 0 Å². The standard InChI is InChI=1S/C21H31N5.HI/c1-4-22-21(24-17-19-12-9-11-18(3)25-19)23-15-10-16-26(5-2)20-13-7-6-8-14-20;/h6-9,11-14H,4-5,10,15-17H2,1-3H3,(H2,22,23,24);1H. The topological polar surface area (TPSA) is 52.6 Å². The van der Waals surface area contributed by atoms with Gasteiger partial charge in [0.25, 0.3) is 0 Å². The Balaban J connectivity index is 0.00000364. The molecule has 0 fully saturated rings. The zero-order chi connectivity index (χ0) is 18.6. The quantitative estimate of drug-likeness (QED) is 0.246. The molecule has 6 heteroatoms. The Morgan fingerprint density at radius 3 is 2.48 bits per heavy atom. The summed E-state index contributed by atoms with van der Waals surface area (Å²) in [5.74, 6) is 0.846. The number of nitrogens with one attached hydrogen (secondary N) is 2. The van der Waals surface area contributed by atoms with E-state index in [2.05, 4.69) is 69.7 Å². The van der Waals surface area contributed by atoms with Crippen molar-refractivity contribution in [3.05, 3.63) is 59.9 Å². The third kappa shape index (κ3) is 8.60. The SMILES string of the molecule is CCNC(=NCc1cccc(C)n1)NCCCN(CC)c1ccccc1.I. The number of anilines is 1. The molecule has 5 nitrogen and oxygen atoms in total. The number of guanidine groups is 1. The Morgan fingerprint density at radius 1 is 1.04 bits per heavy atom. The maximum Gasteiger partial charge on any atom is 0.191 e. The molecule has 0 atom stereocenters. The average Bonchev–Trinajstić information content (AvgIpc) is 2.67. The first-order valence-corrected chi connectivity index (χ1v) is 9.47. The minimum absolute atomic E-state index is 0. The van der Waals surface area contributed by atoms with E-state index < -0.39 is 0 Å². The van der Waals surface area contributed by atoms with Crippen molar-refractivity contribution in [2.24, 2.45) is 4.99 Å². The second-order valence-electron chi connectivity index (χ2n) is 6.16. The molecular weight excluding hydrogens is 449 g/mol. The van der Waals surface area contributed by atoms with Crippen LogP contribution in [0.4, 0.5) is 5.69 Å². The van der Waals surface area contributed by atoms with E-state index in [0.717, 1.165) is 49.9 Å². The Kier molecular flexibility index (Phi) is 11.5. The van der Waals surface area contributed by atoms with Gasteiger partial charge in [-0.2, -0.15) is 0 Å². The third-order valence-corrected chi connectivity index (χ3v) is 4.09. The van der Waals surface area contributed by atoms with Crippen LogP contribution < -0.4 is 15.5 Å². The maximum atomic E-state index is 4.64. The molecule has 1 aromatic heterocycles. The first-order chi connectivity index (χ1) is 12.7. The van der Waals surface area contributed by atoms with Gasteiger partial charge in [0.05, 0.1) is 12.2 Å². The van der Waals surface area contributed by atoms with Crippen LogP contribution in [-0.4, -0.2) is 37.1 Å². The van der Waals surface area contributed by atoms with Crippen molar-refractivity contribution >= 4 is 35.6 Å². The lowest BCUT2D eigenvalue weighted by atomic mass is 10.2. The van der Waals surface area contributed by atoms with E-state index in [0.29, 0.717) is 6.54 Å². The van der Waals surface area contributed by atoms with E-state index in [1.54, 1.807) is 0 Å². The molecule has 2 N–H and O–H groups in total. The number of pyridine rings is 1. The number of aromatic nitrogens is 1. The lowest BCUT2D eigenvalue weighted by Gasteiger charge is -2.23. The van der Waals surface area contributed by atoms with E-state index in [1.165, 1.54) is 5.69 Å². The molecule has 0 saturated heterocycles. The van der Waals surface area contributed by atoms with Crippen molar-refractivity contribution in [3.63, 3.8) is 0 Å². The molecule has 1 heterocycles. The number of nitrogens with zero attached hydrogens (tertiary/aromatic N) is 3. The Labute approximate surface area is 180 Å². The highest BCUT2D eigenvalue weighted by atomic mass is 127. The van der Waals surface area contributed by atoms with Gasteiger partial charge in [-0.3, -0.25) is 4.98 Å². The molecule has 148 valence electrons. The third-order valence-electron chi connectivity index (χ3n) is 4.09. The summed E-state index contributed by atoms with van der Waals surface area (Å²) in [6.07, 6.45) is 1.05. The van der Waals surface area contributed by atoms with Crippen LogP contribution in [0.25, 0.3) is 0 Å². The molecule has 0 saturated carbocycles. The summed E-state index contributed by atoms with van der Waals surface area (Å²) >= 11 is 0. The lowest BCUT2D eigenvalue weighted by Crippen LogP contribution is -2.38. The molecule has 0 amide bonds. The lowest BCUT2D eigenvalue weighted by molar-refractivity contribution is 0.708. The molecule has 0 radical (unpaired) electrons. The summed E-state index contributed by atoms with van der Waals surface area (Å²) < 4.78 is 0. The number of hydrogen-bond donors (Lipinski definition) is 2. The number of aliphatic imine (C=N–C) groups is 1. The summed E-state index contributed by atoms with van der Waals surface area (Å²) in [5, 5.41) is 6.72. The minimum Gasteiger partial charge on any atom is -0.372 e. The number of para-hydroxylation sites is 1. The summed E-state index contributed by atoms with van der Waals surface area (Å²) in [5.41, 5.74) is 3.29. The summed E-state index contributed by atoms with van der Waals surface area (Å²) in [6, 6.07) is 16.6. The van der Waals surface area contributed by atoms with Gasteiger partial charge in [0.15, 0.2) is 5.96 Å². The van der Waals surface area contributed by atoms with Crippen LogP contribution in [0.3, 0.4) is 0 Å². The number of hydrogen-bond acceptors (Lipinski definition) is 3. The van der Waals surface area contributed by atoms with Crippen LogP contribution in [0.1, 0.15) is 31.7 Å². The first kappa shape index (κ1) is 23.2. The fourth-order valence-corrected chi connectivity index (χ4v) is 2.77. The Morgan fingerprint density at radius 2 is 1.81 bits per heavy atom. The minimum atomic E-state index is 0. The molecular formula is C21H32IN5. The fraction of sp³-hybridized carbons (Fsp3) is 0.429. The predicted octanol–water partition coefficient (Wildman–Crippen LogP) is 3.98. The van der Waals surface area contributed by atoms with Crippen LogP contribution >= 0.6 is 24.0 Å². The number of benzene rings is 1. The zero-order valence-corrected chi connectivity index (χ0v) is 18.9. The molecule has 0 aliphatic carbocycles. The van der Waals surface area contributed by atoms with Gasteiger partial charge < -0.3 is 15.5 Å². The number of halogens is 1. The van der Waals surface area contributed by atoms with Crippen LogP contribution in [0.2, 0.25) is 0 Å². The summed E-state index contributed by atoms with van der Waals surface area (Å²) in [4.78, 5) is 11.5. The highest BCUT2D eigenvalue weighted by molar-refractivity contribution is 14.0. The monoisotopic (exact) mass is 481 g/mol. The van der Waals surface area contributed by atoms with Crippen LogP contribution in [0, 0.1) is 6.92 Å². The van der Waals surface area contributed by atoms with E-state index in [1.807, 2.05) is 25.1 Å². The number of rotatable bonds is 9. The van der Waals surface area contributed by atoms with Gasteiger partial charge in [0, 0.05) is 37.6 Å². The molecule has 0 spiro atoms. The largest absolute Gasteiger partial charge is 0.372 e.